The van der Waals surface area contributed by atoms with Gasteiger partial charge in [0.1, 0.15) is 5.82 Å². The van der Waals surface area contributed by atoms with Gasteiger partial charge in [-0.05, 0) is 35.0 Å². The van der Waals surface area contributed by atoms with E-state index in [0.717, 1.165) is 10.7 Å². The number of aromatic nitrogens is 1. The van der Waals surface area contributed by atoms with Gasteiger partial charge >= 0.3 is 0 Å². The Morgan fingerprint density at radius 1 is 1.53 bits per heavy atom. The number of thiazole rings is 1. The Morgan fingerprint density at radius 3 is 3.00 bits per heavy atom. The van der Waals surface area contributed by atoms with Crippen LogP contribution in [0.1, 0.15) is 21.1 Å². The first-order chi connectivity index (χ1) is 9.08. The molecule has 0 fully saturated rings. The van der Waals surface area contributed by atoms with Crippen molar-refractivity contribution in [2.75, 3.05) is 6.54 Å². The lowest BCUT2D eigenvalue weighted by atomic mass is 10.2. The van der Waals surface area contributed by atoms with Gasteiger partial charge < -0.3 is 5.32 Å². The number of hydrogen-bond acceptors (Lipinski definition) is 3. The standard InChI is InChI=1S/C13H12BrFN2OS/c1-8-17-9(7-19-8)5-6-16-13(18)10-3-2-4-11(15)12(10)14/h2-4,7H,5-6H2,1H3,(H,16,18). The molecule has 6 heteroatoms. The van der Waals surface area contributed by atoms with E-state index in [1.165, 1.54) is 12.1 Å². The van der Waals surface area contributed by atoms with E-state index >= 15 is 0 Å². The zero-order chi connectivity index (χ0) is 13.8. The summed E-state index contributed by atoms with van der Waals surface area (Å²) in [5, 5.41) is 5.73. The van der Waals surface area contributed by atoms with Crippen LogP contribution in [0.15, 0.2) is 28.1 Å². The fourth-order valence-electron chi connectivity index (χ4n) is 1.60. The Bertz CT molecular complexity index is 600. The zero-order valence-electron chi connectivity index (χ0n) is 10.2. The summed E-state index contributed by atoms with van der Waals surface area (Å²) < 4.78 is 13.5. The molecule has 0 unspecified atom stereocenters. The predicted molar refractivity (Wildman–Crippen MR) is 77.0 cm³/mol. The molecule has 1 N–H and O–H groups in total. The van der Waals surface area contributed by atoms with Crippen LogP contribution in [0.4, 0.5) is 4.39 Å². The van der Waals surface area contributed by atoms with Gasteiger partial charge in [0, 0.05) is 18.3 Å². The molecule has 0 aliphatic rings. The molecule has 1 heterocycles. The zero-order valence-corrected chi connectivity index (χ0v) is 12.6. The van der Waals surface area contributed by atoms with Crippen molar-refractivity contribution in [3.05, 3.63) is 50.1 Å². The lowest BCUT2D eigenvalue weighted by Gasteiger charge is -2.06. The van der Waals surface area contributed by atoms with Gasteiger partial charge in [-0.15, -0.1) is 11.3 Å². The third-order valence-corrected chi connectivity index (χ3v) is 4.16. The first kappa shape index (κ1) is 14.1. The van der Waals surface area contributed by atoms with Crippen LogP contribution < -0.4 is 5.32 Å². The molecular weight excluding hydrogens is 331 g/mol. The van der Waals surface area contributed by atoms with Crippen LogP contribution in [0.5, 0.6) is 0 Å². The first-order valence-corrected chi connectivity index (χ1v) is 7.38. The third-order valence-electron chi connectivity index (χ3n) is 2.53. The number of aryl methyl sites for hydroxylation is 1. The molecular formula is C13H12BrFN2OS. The number of nitrogens with one attached hydrogen (secondary N) is 1. The Morgan fingerprint density at radius 2 is 2.32 bits per heavy atom. The monoisotopic (exact) mass is 342 g/mol. The average Bonchev–Trinajstić information content (AvgIpc) is 2.78. The van der Waals surface area contributed by atoms with Crippen LogP contribution in [-0.2, 0) is 6.42 Å². The number of nitrogens with zero attached hydrogens (tertiary/aromatic N) is 1. The maximum atomic E-state index is 13.3. The van der Waals surface area contributed by atoms with Crippen molar-refractivity contribution in [1.29, 1.82) is 0 Å². The maximum Gasteiger partial charge on any atom is 0.252 e. The topological polar surface area (TPSA) is 42.0 Å². The number of amides is 1. The van der Waals surface area contributed by atoms with Crippen molar-refractivity contribution in [2.45, 2.75) is 13.3 Å². The second kappa shape index (κ2) is 6.25. The molecule has 3 nitrogen and oxygen atoms in total. The summed E-state index contributed by atoms with van der Waals surface area (Å²) in [4.78, 5) is 16.2. The molecule has 0 aliphatic carbocycles. The largest absolute Gasteiger partial charge is 0.352 e. The second-order valence-electron chi connectivity index (χ2n) is 3.97. The highest BCUT2D eigenvalue weighted by Gasteiger charge is 2.12. The molecule has 2 aromatic rings. The lowest BCUT2D eigenvalue weighted by Crippen LogP contribution is -2.26. The smallest absolute Gasteiger partial charge is 0.252 e. The number of benzene rings is 1. The van der Waals surface area contributed by atoms with Crippen LogP contribution in [0.3, 0.4) is 0 Å². The second-order valence-corrected chi connectivity index (χ2v) is 5.82. The van der Waals surface area contributed by atoms with E-state index < -0.39 is 5.82 Å². The minimum atomic E-state index is -0.442. The van der Waals surface area contributed by atoms with Crippen LogP contribution in [0, 0.1) is 12.7 Å². The summed E-state index contributed by atoms with van der Waals surface area (Å²) in [6.07, 6.45) is 0.670. The minimum absolute atomic E-state index is 0.192. The highest BCUT2D eigenvalue weighted by Crippen LogP contribution is 2.20. The van der Waals surface area contributed by atoms with Crippen molar-refractivity contribution in [3.63, 3.8) is 0 Å². The first-order valence-electron chi connectivity index (χ1n) is 5.71. The van der Waals surface area contributed by atoms with E-state index in [1.807, 2.05) is 12.3 Å². The summed E-state index contributed by atoms with van der Waals surface area (Å²) in [5.41, 5.74) is 1.26. The molecule has 0 radical (unpaired) electrons. The lowest BCUT2D eigenvalue weighted by molar-refractivity contribution is 0.0953. The Hall–Kier alpha value is -1.27. The number of hydrogen-bond donors (Lipinski definition) is 1. The fourth-order valence-corrected chi connectivity index (χ4v) is 2.69. The van der Waals surface area contributed by atoms with Crippen molar-refractivity contribution in [2.24, 2.45) is 0 Å². The molecule has 0 saturated heterocycles. The molecule has 0 aliphatic heterocycles. The Balaban J connectivity index is 1.93. The van der Waals surface area contributed by atoms with E-state index in [9.17, 15) is 9.18 Å². The molecule has 2 rings (SSSR count). The summed E-state index contributed by atoms with van der Waals surface area (Å²) in [6, 6.07) is 4.40. The molecule has 1 amide bonds. The highest BCUT2D eigenvalue weighted by atomic mass is 79.9. The number of carbonyl (C=O) groups is 1. The Kier molecular flexibility index (Phi) is 4.66. The molecule has 0 saturated carbocycles. The van der Waals surface area contributed by atoms with Crippen molar-refractivity contribution >= 4 is 33.2 Å². The predicted octanol–water partition coefficient (Wildman–Crippen LogP) is 3.33. The third kappa shape index (κ3) is 3.61. The fraction of sp³-hybridized carbons (Fsp3) is 0.231. The van der Waals surface area contributed by atoms with Gasteiger partial charge in [0.15, 0.2) is 0 Å². The van der Waals surface area contributed by atoms with Crippen molar-refractivity contribution < 1.29 is 9.18 Å². The van der Waals surface area contributed by atoms with E-state index in [2.05, 4.69) is 26.2 Å². The van der Waals surface area contributed by atoms with E-state index in [4.69, 9.17) is 0 Å². The van der Waals surface area contributed by atoms with Crippen LogP contribution >= 0.6 is 27.3 Å². The number of rotatable bonds is 4. The van der Waals surface area contributed by atoms with Gasteiger partial charge in [0.2, 0.25) is 0 Å². The summed E-state index contributed by atoms with van der Waals surface area (Å²) in [7, 11) is 0. The normalized spacial score (nSPS) is 10.5. The van der Waals surface area contributed by atoms with Crippen molar-refractivity contribution in [1.82, 2.24) is 10.3 Å². The van der Waals surface area contributed by atoms with E-state index in [-0.39, 0.29) is 10.4 Å². The molecule has 1 aromatic carbocycles. The number of halogens is 2. The maximum absolute atomic E-state index is 13.3. The number of carbonyl (C=O) groups excluding carboxylic acids is 1. The van der Waals surface area contributed by atoms with Gasteiger partial charge in [0.25, 0.3) is 5.91 Å². The van der Waals surface area contributed by atoms with E-state index in [1.54, 1.807) is 17.4 Å². The van der Waals surface area contributed by atoms with Gasteiger partial charge in [-0.3, -0.25) is 4.79 Å². The van der Waals surface area contributed by atoms with Gasteiger partial charge in [-0.2, -0.15) is 0 Å². The van der Waals surface area contributed by atoms with Gasteiger partial charge in [-0.25, -0.2) is 9.37 Å². The molecule has 0 bridgehead atoms. The minimum Gasteiger partial charge on any atom is -0.352 e. The summed E-state index contributed by atoms with van der Waals surface area (Å²) in [6.45, 7) is 2.42. The highest BCUT2D eigenvalue weighted by molar-refractivity contribution is 9.10. The van der Waals surface area contributed by atoms with Gasteiger partial charge in [0.05, 0.1) is 20.7 Å². The SMILES string of the molecule is Cc1nc(CCNC(=O)c2cccc(F)c2Br)cs1. The molecule has 0 atom stereocenters. The summed E-state index contributed by atoms with van der Waals surface area (Å²) >= 11 is 4.66. The van der Waals surface area contributed by atoms with E-state index in [0.29, 0.717) is 18.5 Å². The molecule has 100 valence electrons. The molecule has 0 spiro atoms. The average molecular weight is 343 g/mol. The Labute approximate surface area is 123 Å². The molecule has 19 heavy (non-hydrogen) atoms. The van der Waals surface area contributed by atoms with Crippen LogP contribution in [0.25, 0.3) is 0 Å². The van der Waals surface area contributed by atoms with Gasteiger partial charge in [-0.1, -0.05) is 6.07 Å². The van der Waals surface area contributed by atoms with Crippen LogP contribution in [0.2, 0.25) is 0 Å². The quantitative estimate of drug-likeness (QED) is 0.925. The molecule has 1 aromatic heterocycles. The van der Waals surface area contributed by atoms with Crippen LogP contribution in [-0.4, -0.2) is 17.4 Å². The summed E-state index contributed by atoms with van der Waals surface area (Å²) in [5.74, 6) is -0.735. The van der Waals surface area contributed by atoms with Crippen molar-refractivity contribution in [3.8, 4) is 0 Å².